The lowest BCUT2D eigenvalue weighted by Crippen LogP contribution is -2.35. The molecular weight excluding hydrogens is 248 g/mol. The van der Waals surface area contributed by atoms with Crippen molar-refractivity contribution in [3.8, 4) is 17.3 Å². The molecule has 0 atom stereocenters. The first-order chi connectivity index (χ1) is 8.48. The van der Waals surface area contributed by atoms with Crippen LogP contribution in [0, 0.1) is 0 Å². The van der Waals surface area contributed by atoms with Crippen LogP contribution >= 0.6 is 11.3 Å². The van der Waals surface area contributed by atoms with E-state index >= 15 is 0 Å². The fourth-order valence-electron chi connectivity index (χ4n) is 1.53. The van der Waals surface area contributed by atoms with E-state index in [4.69, 9.17) is 10.5 Å². The van der Waals surface area contributed by atoms with Gasteiger partial charge in [0.15, 0.2) is 0 Å². The third kappa shape index (κ3) is 3.24. The molecule has 0 aliphatic rings. The monoisotopic (exact) mass is 264 g/mol. The second kappa shape index (κ2) is 4.99. The second-order valence-electron chi connectivity index (χ2n) is 4.75. The minimum absolute atomic E-state index is 0.355. The molecule has 18 heavy (non-hydrogen) atoms. The van der Waals surface area contributed by atoms with Crippen molar-refractivity contribution in [1.29, 1.82) is 0 Å². The fourth-order valence-corrected chi connectivity index (χ4v) is 2.08. The highest BCUT2D eigenvalue weighted by atomic mass is 32.1. The molecule has 96 valence electrons. The van der Waals surface area contributed by atoms with Crippen LogP contribution < -0.4 is 10.5 Å². The number of nitrogens with zero attached hydrogens (tertiary/aromatic N) is 3. The first-order valence-corrected chi connectivity index (χ1v) is 6.51. The summed E-state index contributed by atoms with van der Waals surface area (Å²) < 4.78 is 5.19. The molecule has 0 fully saturated rings. The molecule has 2 N–H and O–H groups in total. The first kappa shape index (κ1) is 12.9. The van der Waals surface area contributed by atoms with E-state index in [1.165, 1.54) is 11.3 Å². The Morgan fingerprint density at radius 2 is 2.11 bits per heavy atom. The van der Waals surface area contributed by atoms with Crippen molar-refractivity contribution in [2.75, 3.05) is 7.11 Å². The van der Waals surface area contributed by atoms with Gasteiger partial charge in [-0.2, -0.15) is 4.98 Å². The van der Waals surface area contributed by atoms with Gasteiger partial charge in [0.05, 0.1) is 24.0 Å². The first-order valence-electron chi connectivity index (χ1n) is 5.57. The van der Waals surface area contributed by atoms with Gasteiger partial charge in [0.25, 0.3) is 0 Å². The number of nitrogens with two attached hydrogens (primary N) is 1. The van der Waals surface area contributed by atoms with E-state index in [0.717, 1.165) is 11.4 Å². The van der Waals surface area contributed by atoms with Crippen LogP contribution in [0.4, 0.5) is 0 Å². The van der Waals surface area contributed by atoms with Crippen molar-refractivity contribution in [1.82, 2.24) is 15.0 Å². The van der Waals surface area contributed by atoms with Crippen LogP contribution in [-0.2, 0) is 6.42 Å². The normalized spacial score (nSPS) is 11.6. The molecule has 0 amide bonds. The maximum absolute atomic E-state index is 5.99. The Bertz CT molecular complexity index is 519. The minimum Gasteiger partial charge on any atom is -0.481 e. The third-order valence-corrected chi connectivity index (χ3v) is 2.85. The molecule has 0 saturated carbocycles. The zero-order chi connectivity index (χ0) is 13.2. The van der Waals surface area contributed by atoms with E-state index < -0.39 is 0 Å². The zero-order valence-electron chi connectivity index (χ0n) is 10.7. The average molecular weight is 264 g/mol. The Morgan fingerprint density at radius 1 is 1.33 bits per heavy atom. The van der Waals surface area contributed by atoms with Gasteiger partial charge in [-0.3, -0.25) is 0 Å². The van der Waals surface area contributed by atoms with Gasteiger partial charge < -0.3 is 10.5 Å². The van der Waals surface area contributed by atoms with E-state index in [0.29, 0.717) is 18.1 Å². The maximum Gasteiger partial charge on any atom is 0.216 e. The Balaban J connectivity index is 2.39. The topological polar surface area (TPSA) is 73.9 Å². The van der Waals surface area contributed by atoms with Gasteiger partial charge in [-0.1, -0.05) is 0 Å². The summed E-state index contributed by atoms with van der Waals surface area (Å²) in [4.78, 5) is 13.0. The van der Waals surface area contributed by atoms with E-state index in [9.17, 15) is 0 Å². The molecule has 0 unspecified atom stereocenters. The van der Waals surface area contributed by atoms with Gasteiger partial charge in [-0.15, -0.1) is 11.3 Å². The molecule has 2 aromatic heterocycles. The third-order valence-electron chi connectivity index (χ3n) is 2.27. The predicted octanol–water partition coefficient (Wildman–Crippen LogP) is 1.89. The van der Waals surface area contributed by atoms with Crippen molar-refractivity contribution in [2.24, 2.45) is 5.73 Å². The Hall–Kier alpha value is -1.53. The Morgan fingerprint density at radius 3 is 2.67 bits per heavy atom. The molecule has 0 radical (unpaired) electrons. The van der Waals surface area contributed by atoms with Crippen LogP contribution in [0.15, 0.2) is 17.0 Å². The molecule has 0 saturated heterocycles. The number of methoxy groups -OCH3 is 1. The van der Waals surface area contributed by atoms with Crippen LogP contribution in [-0.4, -0.2) is 27.6 Å². The minimum atomic E-state index is -0.355. The van der Waals surface area contributed by atoms with Crippen LogP contribution in [0.2, 0.25) is 0 Å². The average Bonchev–Trinajstić information content (AvgIpc) is 2.79. The SMILES string of the molecule is COc1cc(-c2cscn2)nc(CC(C)(C)N)n1. The molecule has 2 aromatic rings. The van der Waals surface area contributed by atoms with Gasteiger partial charge in [0, 0.05) is 23.4 Å². The molecule has 6 heteroatoms. The van der Waals surface area contributed by atoms with Crippen molar-refractivity contribution < 1.29 is 4.74 Å². The van der Waals surface area contributed by atoms with Gasteiger partial charge in [0.2, 0.25) is 5.88 Å². The summed E-state index contributed by atoms with van der Waals surface area (Å²) in [6, 6.07) is 1.78. The highest BCUT2D eigenvalue weighted by Gasteiger charge is 2.16. The van der Waals surface area contributed by atoms with Crippen molar-refractivity contribution in [2.45, 2.75) is 25.8 Å². The standard InChI is InChI=1S/C12H16N4OS/c1-12(2,13)5-10-15-8(4-11(16-10)17-3)9-6-18-7-14-9/h4,6-7H,5,13H2,1-3H3. The van der Waals surface area contributed by atoms with E-state index in [-0.39, 0.29) is 5.54 Å². The molecule has 2 heterocycles. The molecular formula is C12H16N4OS. The summed E-state index contributed by atoms with van der Waals surface area (Å²) in [5.41, 5.74) is 9.01. The summed E-state index contributed by atoms with van der Waals surface area (Å²) in [6.45, 7) is 3.89. The molecule has 0 aliphatic heterocycles. The lowest BCUT2D eigenvalue weighted by atomic mass is 10.0. The Kier molecular flexibility index (Phi) is 3.58. The van der Waals surface area contributed by atoms with Crippen molar-refractivity contribution in [3.63, 3.8) is 0 Å². The molecule has 0 bridgehead atoms. The number of aromatic nitrogens is 3. The van der Waals surface area contributed by atoms with E-state index in [1.807, 2.05) is 19.2 Å². The van der Waals surface area contributed by atoms with Gasteiger partial charge in [-0.25, -0.2) is 9.97 Å². The molecule has 5 nitrogen and oxygen atoms in total. The van der Waals surface area contributed by atoms with Crippen LogP contribution in [0.1, 0.15) is 19.7 Å². The largest absolute Gasteiger partial charge is 0.481 e. The molecule has 0 aromatic carbocycles. The molecule has 0 aliphatic carbocycles. The lowest BCUT2D eigenvalue weighted by Gasteiger charge is -2.17. The maximum atomic E-state index is 5.99. The smallest absolute Gasteiger partial charge is 0.216 e. The highest BCUT2D eigenvalue weighted by Crippen LogP contribution is 2.21. The quantitative estimate of drug-likeness (QED) is 0.912. The number of ether oxygens (including phenoxy) is 1. The second-order valence-corrected chi connectivity index (χ2v) is 5.47. The summed E-state index contributed by atoms with van der Waals surface area (Å²) >= 11 is 1.53. The van der Waals surface area contributed by atoms with Crippen molar-refractivity contribution in [3.05, 3.63) is 22.8 Å². The number of rotatable bonds is 4. The Labute approximate surface area is 110 Å². The summed E-state index contributed by atoms with van der Waals surface area (Å²) in [5, 5.41) is 1.94. The lowest BCUT2D eigenvalue weighted by molar-refractivity contribution is 0.392. The van der Waals surface area contributed by atoms with Gasteiger partial charge in [-0.05, 0) is 13.8 Å². The summed E-state index contributed by atoms with van der Waals surface area (Å²) in [5.74, 6) is 1.21. The molecule has 2 rings (SSSR count). The number of thiazole rings is 1. The highest BCUT2D eigenvalue weighted by molar-refractivity contribution is 7.07. The summed E-state index contributed by atoms with van der Waals surface area (Å²) in [7, 11) is 1.59. The van der Waals surface area contributed by atoms with Crippen LogP contribution in [0.25, 0.3) is 11.4 Å². The molecule has 0 spiro atoms. The van der Waals surface area contributed by atoms with E-state index in [1.54, 1.807) is 18.7 Å². The summed E-state index contributed by atoms with van der Waals surface area (Å²) in [6.07, 6.45) is 0.585. The predicted molar refractivity (Wildman–Crippen MR) is 71.7 cm³/mol. The van der Waals surface area contributed by atoms with Gasteiger partial charge >= 0.3 is 0 Å². The van der Waals surface area contributed by atoms with E-state index in [2.05, 4.69) is 15.0 Å². The van der Waals surface area contributed by atoms with Crippen LogP contribution in [0.3, 0.4) is 0 Å². The van der Waals surface area contributed by atoms with Gasteiger partial charge in [0.1, 0.15) is 5.82 Å². The van der Waals surface area contributed by atoms with Crippen molar-refractivity contribution >= 4 is 11.3 Å². The fraction of sp³-hybridized carbons (Fsp3) is 0.417. The van der Waals surface area contributed by atoms with Crippen LogP contribution in [0.5, 0.6) is 5.88 Å². The zero-order valence-corrected chi connectivity index (χ0v) is 11.5. The number of hydrogen-bond donors (Lipinski definition) is 1. The number of hydrogen-bond acceptors (Lipinski definition) is 6.